The van der Waals surface area contributed by atoms with Crippen LogP contribution in [0.3, 0.4) is 0 Å². The zero-order valence-electron chi connectivity index (χ0n) is 13.9. The number of amides is 2. The second-order valence-corrected chi connectivity index (χ2v) is 6.60. The normalized spacial score (nSPS) is 10.3. The standard InChI is InChI=1S/C19H21BrN2O2/c1-14-5-3-4-6-16(14)13-22(2)18(23)11-12-21-19(24)15-7-9-17(20)10-8-15/h3-10H,11-13H2,1-2H3,(H,21,24). The molecule has 0 aliphatic carbocycles. The zero-order valence-corrected chi connectivity index (χ0v) is 15.5. The number of rotatable bonds is 6. The lowest BCUT2D eigenvalue weighted by molar-refractivity contribution is -0.130. The molecule has 1 N–H and O–H groups in total. The summed E-state index contributed by atoms with van der Waals surface area (Å²) in [6, 6.07) is 15.1. The van der Waals surface area contributed by atoms with Crippen LogP contribution in [0.2, 0.25) is 0 Å². The molecular formula is C19H21BrN2O2. The molecule has 0 unspecified atom stereocenters. The molecule has 24 heavy (non-hydrogen) atoms. The van der Waals surface area contributed by atoms with E-state index in [0.29, 0.717) is 18.7 Å². The SMILES string of the molecule is Cc1ccccc1CN(C)C(=O)CCNC(=O)c1ccc(Br)cc1. The molecule has 0 saturated heterocycles. The average molecular weight is 389 g/mol. The molecule has 0 fully saturated rings. The number of aryl methyl sites for hydroxylation is 1. The number of carbonyl (C=O) groups excluding carboxylic acids is 2. The Morgan fingerprint density at radius 2 is 1.75 bits per heavy atom. The molecule has 2 amide bonds. The van der Waals surface area contributed by atoms with Crippen molar-refractivity contribution >= 4 is 27.7 Å². The van der Waals surface area contributed by atoms with E-state index in [2.05, 4.69) is 21.2 Å². The first-order valence-corrected chi connectivity index (χ1v) is 8.59. The van der Waals surface area contributed by atoms with Crippen LogP contribution in [0.4, 0.5) is 0 Å². The molecule has 2 aromatic rings. The highest BCUT2D eigenvalue weighted by molar-refractivity contribution is 9.10. The smallest absolute Gasteiger partial charge is 0.251 e. The van der Waals surface area contributed by atoms with Gasteiger partial charge in [0.05, 0.1) is 0 Å². The number of hydrogen-bond donors (Lipinski definition) is 1. The minimum absolute atomic E-state index is 0.00867. The van der Waals surface area contributed by atoms with E-state index >= 15 is 0 Å². The number of nitrogens with zero attached hydrogens (tertiary/aromatic N) is 1. The predicted molar refractivity (Wildman–Crippen MR) is 98.7 cm³/mol. The summed E-state index contributed by atoms with van der Waals surface area (Å²) in [6.07, 6.45) is 0.282. The fourth-order valence-corrected chi connectivity index (χ4v) is 2.57. The fourth-order valence-electron chi connectivity index (χ4n) is 2.31. The Morgan fingerprint density at radius 3 is 2.42 bits per heavy atom. The summed E-state index contributed by atoms with van der Waals surface area (Å²) in [6.45, 7) is 2.93. The third kappa shape index (κ3) is 5.20. The maximum Gasteiger partial charge on any atom is 0.251 e. The maximum atomic E-state index is 12.2. The van der Waals surface area contributed by atoms with Crippen LogP contribution in [-0.4, -0.2) is 30.3 Å². The van der Waals surface area contributed by atoms with Gasteiger partial charge in [0, 0.05) is 36.6 Å². The Morgan fingerprint density at radius 1 is 1.08 bits per heavy atom. The molecule has 0 bridgehead atoms. The van der Waals surface area contributed by atoms with Crippen molar-refractivity contribution in [2.45, 2.75) is 19.9 Å². The van der Waals surface area contributed by atoms with Gasteiger partial charge in [0.2, 0.25) is 5.91 Å². The van der Waals surface area contributed by atoms with Gasteiger partial charge >= 0.3 is 0 Å². The van der Waals surface area contributed by atoms with Crippen molar-refractivity contribution < 1.29 is 9.59 Å². The highest BCUT2D eigenvalue weighted by atomic mass is 79.9. The predicted octanol–water partition coefficient (Wildman–Crippen LogP) is 3.54. The van der Waals surface area contributed by atoms with E-state index in [4.69, 9.17) is 0 Å². The summed E-state index contributed by atoms with van der Waals surface area (Å²) < 4.78 is 0.923. The van der Waals surface area contributed by atoms with Gasteiger partial charge in [-0.15, -0.1) is 0 Å². The quantitative estimate of drug-likeness (QED) is 0.822. The van der Waals surface area contributed by atoms with Crippen molar-refractivity contribution in [1.29, 1.82) is 0 Å². The van der Waals surface area contributed by atoms with E-state index in [1.54, 1.807) is 24.1 Å². The summed E-state index contributed by atoms with van der Waals surface area (Å²) in [7, 11) is 1.78. The molecule has 126 valence electrons. The second kappa shape index (κ2) is 8.64. The molecular weight excluding hydrogens is 368 g/mol. The summed E-state index contributed by atoms with van der Waals surface area (Å²) in [5.74, 6) is -0.161. The van der Waals surface area contributed by atoms with Crippen LogP contribution in [0.25, 0.3) is 0 Å². The molecule has 2 aromatic carbocycles. The molecule has 0 aromatic heterocycles. The van der Waals surface area contributed by atoms with Crippen LogP contribution in [0.5, 0.6) is 0 Å². The number of halogens is 1. The number of benzene rings is 2. The summed E-state index contributed by atoms with van der Waals surface area (Å²) >= 11 is 3.33. The van der Waals surface area contributed by atoms with Gasteiger partial charge in [-0.25, -0.2) is 0 Å². The van der Waals surface area contributed by atoms with Gasteiger partial charge in [-0.1, -0.05) is 40.2 Å². The average Bonchev–Trinajstić information content (AvgIpc) is 2.57. The number of hydrogen-bond acceptors (Lipinski definition) is 2. The van der Waals surface area contributed by atoms with E-state index < -0.39 is 0 Å². The highest BCUT2D eigenvalue weighted by Gasteiger charge is 2.11. The van der Waals surface area contributed by atoms with E-state index in [9.17, 15) is 9.59 Å². The van der Waals surface area contributed by atoms with Crippen molar-refractivity contribution in [3.63, 3.8) is 0 Å². The lowest BCUT2D eigenvalue weighted by Crippen LogP contribution is -2.32. The molecule has 4 nitrogen and oxygen atoms in total. The van der Waals surface area contributed by atoms with Gasteiger partial charge < -0.3 is 10.2 Å². The molecule has 0 saturated carbocycles. The van der Waals surface area contributed by atoms with Crippen molar-refractivity contribution in [3.8, 4) is 0 Å². The van der Waals surface area contributed by atoms with Gasteiger partial charge in [0.25, 0.3) is 5.91 Å². The summed E-state index contributed by atoms with van der Waals surface area (Å²) in [4.78, 5) is 25.9. The Bertz CT molecular complexity index is 714. The van der Waals surface area contributed by atoms with Crippen LogP contribution in [0.1, 0.15) is 27.9 Å². The van der Waals surface area contributed by atoms with Gasteiger partial charge in [0.1, 0.15) is 0 Å². The first-order valence-electron chi connectivity index (χ1n) is 7.79. The van der Waals surface area contributed by atoms with Crippen molar-refractivity contribution in [3.05, 3.63) is 69.7 Å². The maximum absolute atomic E-state index is 12.2. The molecule has 0 radical (unpaired) electrons. The Balaban J connectivity index is 1.79. The lowest BCUT2D eigenvalue weighted by Gasteiger charge is -2.18. The molecule has 0 spiro atoms. The monoisotopic (exact) mass is 388 g/mol. The van der Waals surface area contributed by atoms with Crippen LogP contribution in [0, 0.1) is 6.92 Å². The number of carbonyl (C=O) groups is 2. The first-order chi connectivity index (χ1) is 11.5. The first kappa shape index (κ1) is 18.2. The Hall–Kier alpha value is -2.14. The van der Waals surface area contributed by atoms with E-state index in [0.717, 1.165) is 10.0 Å². The molecule has 0 aliphatic rings. The van der Waals surface area contributed by atoms with E-state index in [-0.39, 0.29) is 18.2 Å². The molecule has 0 aliphatic heterocycles. The third-order valence-corrected chi connectivity index (χ3v) is 4.35. The van der Waals surface area contributed by atoms with Gasteiger partial charge in [-0.2, -0.15) is 0 Å². The summed E-state index contributed by atoms with van der Waals surface area (Å²) in [5, 5.41) is 2.78. The molecule has 2 rings (SSSR count). The minimum atomic E-state index is -0.170. The largest absolute Gasteiger partial charge is 0.352 e. The zero-order chi connectivity index (χ0) is 17.5. The van der Waals surface area contributed by atoms with Gasteiger partial charge in [-0.05, 0) is 42.3 Å². The topological polar surface area (TPSA) is 49.4 Å². The van der Waals surface area contributed by atoms with E-state index in [1.165, 1.54) is 5.56 Å². The molecule has 5 heteroatoms. The minimum Gasteiger partial charge on any atom is -0.352 e. The highest BCUT2D eigenvalue weighted by Crippen LogP contribution is 2.11. The molecule has 0 heterocycles. The lowest BCUT2D eigenvalue weighted by atomic mass is 10.1. The Kier molecular flexibility index (Phi) is 6.55. The van der Waals surface area contributed by atoms with Crippen LogP contribution in [0.15, 0.2) is 53.0 Å². The van der Waals surface area contributed by atoms with Gasteiger partial charge in [0.15, 0.2) is 0 Å². The third-order valence-electron chi connectivity index (χ3n) is 3.83. The summed E-state index contributed by atoms with van der Waals surface area (Å²) in [5.41, 5.74) is 2.88. The van der Waals surface area contributed by atoms with E-state index in [1.807, 2.05) is 43.3 Å². The van der Waals surface area contributed by atoms with Crippen molar-refractivity contribution in [1.82, 2.24) is 10.2 Å². The van der Waals surface area contributed by atoms with Crippen molar-refractivity contribution in [2.24, 2.45) is 0 Å². The Labute approximate surface area is 151 Å². The van der Waals surface area contributed by atoms with Crippen LogP contribution in [-0.2, 0) is 11.3 Å². The fraction of sp³-hybridized carbons (Fsp3) is 0.263. The number of nitrogens with one attached hydrogen (secondary N) is 1. The van der Waals surface area contributed by atoms with Crippen LogP contribution < -0.4 is 5.32 Å². The van der Waals surface area contributed by atoms with Gasteiger partial charge in [-0.3, -0.25) is 9.59 Å². The second-order valence-electron chi connectivity index (χ2n) is 5.69. The van der Waals surface area contributed by atoms with Crippen LogP contribution >= 0.6 is 15.9 Å². The molecule has 0 atom stereocenters. The van der Waals surface area contributed by atoms with Crippen molar-refractivity contribution in [2.75, 3.05) is 13.6 Å².